The number of ether oxygens (including phenoxy) is 7. The van der Waals surface area contributed by atoms with Gasteiger partial charge in [-0.3, -0.25) is 5.32 Å². The summed E-state index contributed by atoms with van der Waals surface area (Å²) in [7, 11) is 0. The minimum absolute atomic E-state index is 0.00472. The van der Waals surface area contributed by atoms with Gasteiger partial charge in [0.2, 0.25) is 0 Å². The largest absolute Gasteiger partial charge is 0.394 e. The molecule has 5 saturated heterocycles. The Labute approximate surface area is 359 Å². The fraction of sp³-hybridized carbons (Fsp3) is 0.956. The molecule has 16 nitrogen and oxygen atoms in total. The number of hydrogen-bond acceptors (Lipinski definition) is 16. The Morgan fingerprint density at radius 1 is 0.705 bits per heavy atom. The van der Waals surface area contributed by atoms with Gasteiger partial charge in [-0.1, -0.05) is 39.3 Å². The Hall–Kier alpha value is -0.900. The summed E-state index contributed by atoms with van der Waals surface area (Å²) in [5, 5.41) is 89.8. The predicted molar refractivity (Wildman–Crippen MR) is 215 cm³/mol. The van der Waals surface area contributed by atoms with Gasteiger partial charge in [-0.2, -0.15) is 0 Å². The van der Waals surface area contributed by atoms with Crippen LogP contribution in [0.1, 0.15) is 99.3 Å². The van der Waals surface area contributed by atoms with Crippen molar-refractivity contribution in [3.63, 3.8) is 0 Å². The predicted octanol–water partition coefficient (Wildman–Crippen LogP) is 0.815. The van der Waals surface area contributed by atoms with E-state index in [1.807, 2.05) is 0 Å². The van der Waals surface area contributed by atoms with Gasteiger partial charge < -0.3 is 74.0 Å². The Morgan fingerprint density at radius 3 is 1.98 bits per heavy atom. The zero-order valence-corrected chi connectivity index (χ0v) is 36.6. The molecule has 0 aromatic heterocycles. The summed E-state index contributed by atoms with van der Waals surface area (Å²) in [6.45, 7) is 13.2. The first-order chi connectivity index (χ1) is 28.9. The van der Waals surface area contributed by atoms with Crippen LogP contribution < -0.4 is 5.32 Å². The van der Waals surface area contributed by atoms with Crippen LogP contribution in [-0.4, -0.2) is 164 Å². The highest BCUT2D eigenvalue weighted by Crippen LogP contribution is 2.70. The minimum Gasteiger partial charge on any atom is -0.394 e. The molecule has 0 amide bonds. The number of piperidine rings is 1. The van der Waals surface area contributed by atoms with Crippen molar-refractivity contribution in [3.8, 4) is 0 Å². The lowest BCUT2D eigenvalue weighted by Crippen LogP contribution is -2.66. The topological polar surface area (TPSA) is 238 Å². The van der Waals surface area contributed by atoms with E-state index in [0.717, 1.165) is 32.2 Å². The van der Waals surface area contributed by atoms with E-state index in [1.54, 1.807) is 0 Å². The summed E-state index contributed by atoms with van der Waals surface area (Å²) >= 11 is 0. The van der Waals surface area contributed by atoms with Crippen molar-refractivity contribution in [1.82, 2.24) is 5.32 Å². The molecule has 8 fully saturated rings. The average molecular weight is 868 g/mol. The lowest BCUT2D eigenvalue weighted by molar-refractivity contribution is -0.388. The van der Waals surface area contributed by atoms with E-state index >= 15 is 0 Å². The Morgan fingerprint density at radius 2 is 1.36 bits per heavy atom. The van der Waals surface area contributed by atoms with Gasteiger partial charge in [0.05, 0.1) is 31.0 Å². The maximum Gasteiger partial charge on any atom is 0.187 e. The van der Waals surface area contributed by atoms with Crippen molar-refractivity contribution in [2.45, 2.75) is 209 Å². The van der Waals surface area contributed by atoms with Crippen LogP contribution in [0.5, 0.6) is 0 Å². The molecule has 0 aromatic carbocycles. The van der Waals surface area contributed by atoms with Crippen LogP contribution in [0.25, 0.3) is 0 Å². The van der Waals surface area contributed by atoms with E-state index in [2.05, 4.69) is 39.1 Å². The van der Waals surface area contributed by atoms with Gasteiger partial charge in [-0.05, 0) is 112 Å². The smallest absolute Gasteiger partial charge is 0.187 e. The molecule has 1 unspecified atom stereocenters. The second-order valence-corrected chi connectivity index (χ2v) is 21.2. The molecule has 5 heterocycles. The van der Waals surface area contributed by atoms with Crippen LogP contribution in [0, 0.1) is 46.3 Å². The van der Waals surface area contributed by atoms with E-state index < -0.39 is 98.7 Å². The first kappa shape index (κ1) is 45.3. The first-order valence-electron chi connectivity index (χ1n) is 23.3. The summed E-state index contributed by atoms with van der Waals surface area (Å²) in [5.74, 6) is 3.43. The van der Waals surface area contributed by atoms with Gasteiger partial charge in [0, 0.05) is 12.5 Å². The summed E-state index contributed by atoms with van der Waals surface area (Å²) < 4.78 is 43.7. The molecule has 348 valence electrons. The van der Waals surface area contributed by atoms with Crippen molar-refractivity contribution in [2.75, 3.05) is 13.2 Å². The first-order valence-corrected chi connectivity index (χ1v) is 23.3. The number of nitrogens with one attached hydrogen (secondary N) is 1. The molecule has 4 aliphatic carbocycles. The second-order valence-electron chi connectivity index (χ2n) is 21.2. The highest BCUT2D eigenvalue weighted by atomic mass is 16.8. The summed E-state index contributed by atoms with van der Waals surface area (Å²) in [6, 6.07) is 0. The van der Waals surface area contributed by atoms with Crippen molar-refractivity contribution in [1.29, 1.82) is 0 Å². The van der Waals surface area contributed by atoms with Crippen LogP contribution in [0.3, 0.4) is 0 Å². The van der Waals surface area contributed by atoms with Crippen LogP contribution in [0.15, 0.2) is 11.6 Å². The molecule has 9 rings (SSSR count). The summed E-state index contributed by atoms with van der Waals surface area (Å²) in [4.78, 5) is 0. The number of fused-ring (bicyclic) bond motifs is 7. The molecule has 9 aliphatic rings. The van der Waals surface area contributed by atoms with Gasteiger partial charge in [0.1, 0.15) is 66.8 Å². The van der Waals surface area contributed by atoms with Crippen LogP contribution in [0.2, 0.25) is 0 Å². The zero-order chi connectivity index (χ0) is 43.5. The average Bonchev–Trinajstić information content (AvgIpc) is 3.69. The molecule has 0 bridgehead atoms. The molecular weight excluding hydrogens is 794 g/mol. The van der Waals surface area contributed by atoms with Gasteiger partial charge in [0.25, 0.3) is 0 Å². The van der Waals surface area contributed by atoms with Crippen molar-refractivity contribution in [3.05, 3.63) is 11.6 Å². The number of allylic oxidation sites excluding steroid dienone is 1. The molecule has 3 saturated carbocycles. The second kappa shape index (κ2) is 16.8. The standard InChI is InChI=1S/C45H73NO15/c1-19-9-14-45(46-17-19)20(2)30-28(61-45)16-27-25-8-7-23-15-24(10-12-43(23,5)26(25)11-13-44(27,30)6)57-42-39(60-41-36(53)34(51)32(49)22(4)56-41)37(54)38(29(18-47)58-42)59-40-35(52)33(50)31(48)21(3)55-40/h7,19-22,24-42,46-54H,8-18H2,1-6H3/t19-,20-,21-,22-,24-,25+,26-,27-,28-,29+,30?,31-,32-,33+,34+,35+,36+,37-,38+,39+,40-,41-,42+,43-,44-,45-/m0/s1. The molecule has 61 heavy (non-hydrogen) atoms. The number of rotatable bonds is 7. The molecule has 16 heteroatoms. The van der Waals surface area contributed by atoms with E-state index in [4.69, 9.17) is 33.2 Å². The highest BCUT2D eigenvalue weighted by Gasteiger charge is 2.68. The molecule has 26 atom stereocenters. The third kappa shape index (κ3) is 7.42. The van der Waals surface area contributed by atoms with E-state index in [0.29, 0.717) is 54.5 Å². The Bertz CT molecular complexity index is 1600. The molecule has 1 spiro atoms. The maximum absolute atomic E-state index is 12.0. The van der Waals surface area contributed by atoms with E-state index in [1.165, 1.54) is 38.7 Å². The lowest BCUT2D eigenvalue weighted by atomic mass is 9.47. The Balaban J connectivity index is 0.916. The monoisotopic (exact) mass is 867 g/mol. The Kier molecular flexibility index (Phi) is 12.4. The SMILES string of the molecule is C[C@H]1CC[C@]2(NC1)O[C@H]1C[C@H]3[C@@H]4CC=C5C[C@@H](O[C@@H]6O[C@H](CO)[C@@H](O[C@@H]7O[C@@H](C)[C@H](O)[C@@H](O)[C@H]7O)[C@H](O)[C@H]6O[C@@H]6O[C@@H](C)[C@H](O)[C@@H](O)[C@H]6O)CC[C@]5(C)[C@H]4CC[C@]3(C)C1[C@@H]2C. The van der Waals surface area contributed by atoms with Crippen molar-refractivity contribution < 1.29 is 74.0 Å². The molecule has 0 radical (unpaired) electrons. The third-order valence-electron chi connectivity index (χ3n) is 17.9. The zero-order valence-electron chi connectivity index (χ0n) is 36.6. The van der Waals surface area contributed by atoms with Gasteiger partial charge in [-0.15, -0.1) is 0 Å². The van der Waals surface area contributed by atoms with Crippen molar-refractivity contribution >= 4 is 0 Å². The lowest BCUT2D eigenvalue weighted by Gasteiger charge is -2.59. The number of hydrogen-bond donors (Lipinski definition) is 9. The molecule has 9 N–H and O–H groups in total. The molecule has 5 aliphatic heterocycles. The number of aliphatic hydroxyl groups is 8. The van der Waals surface area contributed by atoms with E-state index in [9.17, 15) is 40.9 Å². The van der Waals surface area contributed by atoms with Gasteiger partial charge >= 0.3 is 0 Å². The summed E-state index contributed by atoms with van der Waals surface area (Å²) in [6.07, 6.45) is -9.93. The van der Waals surface area contributed by atoms with Crippen LogP contribution in [-0.2, 0) is 33.2 Å². The molecule has 0 aromatic rings. The quantitative estimate of drug-likeness (QED) is 0.161. The highest BCUT2D eigenvalue weighted by molar-refractivity contribution is 5.26. The minimum atomic E-state index is -1.70. The van der Waals surface area contributed by atoms with Crippen molar-refractivity contribution in [2.24, 2.45) is 46.3 Å². The fourth-order valence-electron chi connectivity index (χ4n) is 14.2. The van der Waals surface area contributed by atoms with Crippen LogP contribution in [0.4, 0.5) is 0 Å². The van der Waals surface area contributed by atoms with Crippen LogP contribution >= 0.6 is 0 Å². The number of aliphatic hydroxyl groups excluding tert-OH is 8. The van der Waals surface area contributed by atoms with Gasteiger partial charge in [-0.25, -0.2) is 0 Å². The third-order valence-corrected chi connectivity index (χ3v) is 17.9. The van der Waals surface area contributed by atoms with E-state index in [-0.39, 0.29) is 22.7 Å². The fourth-order valence-corrected chi connectivity index (χ4v) is 14.2. The molecular formula is C45H73NO15. The summed E-state index contributed by atoms with van der Waals surface area (Å²) in [5.41, 5.74) is 1.41. The normalized spacial score (nSPS) is 58.4. The maximum atomic E-state index is 12.0. The van der Waals surface area contributed by atoms with Gasteiger partial charge in [0.15, 0.2) is 18.9 Å².